The number of thiophene rings is 1. The van der Waals surface area contributed by atoms with Crippen molar-refractivity contribution in [3.8, 4) is 5.75 Å². The van der Waals surface area contributed by atoms with Gasteiger partial charge in [-0.25, -0.2) is 0 Å². The zero-order valence-electron chi connectivity index (χ0n) is 13.8. The van der Waals surface area contributed by atoms with E-state index in [9.17, 15) is 4.79 Å². The predicted octanol–water partition coefficient (Wildman–Crippen LogP) is 4.67. The summed E-state index contributed by atoms with van der Waals surface area (Å²) in [4.78, 5) is 13.4. The molecule has 1 aromatic carbocycles. The molecule has 1 atom stereocenters. The number of para-hydroxylation sites is 1. The van der Waals surface area contributed by atoms with Crippen LogP contribution in [0.15, 0.2) is 47.9 Å². The first-order valence-electron chi connectivity index (χ1n) is 7.85. The number of hydrogen-bond acceptors (Lipinski definition) is 3. The molecule has 1 N–H and O–H groups in total. The number of benzene rings is 1. The second-order valence-corrected chi connectivity index (χ2v) is 6.53. The third kappa shape index (κ3) is 4.96. The largest absolute Gasteiger partial charge is 0.493 e. The molecule has 3 nitrogen and oxygen atoms in total. The van der Waals surface area contributed by atoms with Crippen molar-refractivity contribution in [3.05, 3.63) is 58.3 Å². The lowest BCUT2D eigenvalue weighted by Crippen LogP contribution is -2.29. The first kappa shape index (κ1) is 17.3. The Hall–Kier alpha value is -2.07. The minimum atomic E-state index is -0.0941. The third-order valence-electron chi connectivity index (χ3n) is 3.45. The van der Waals surface area contributed by atoms with E-state index < -0.39 is 0 Å². The molecule has 0 aliphatic carbocycles. The number of nitrogens with one attached hydrogen (secondary N) is 1. The van der Waals surface area contributed by atoms with E-state index in [0.717, 1.165) is 11.3 Å². The van der Waals surface area contributed by atoms with Crippen LogP contribution in [0.3, 0.4) is 0 Å². The summed E-state index contributed by atoms with van der Waals surface area (Å²) in [5.74, 6) is 1.03. The van der Waals surface area contributed by atoms with Crippen LogP contribution in [-0.4, -0.2) is 12.5 Å². The summed E-state index contributed by atoms with van der Waals surface area (Å²) in [5.41, 5.74) is 0.904. The normalized spacial score (nSPS) is 12.5. The number of rotatable bonds is 7. The van der Waals surface area contributed by atoms with Gasteiger partial charge < -0.3 is 10.1 Å². The van der Waals surface area contributed by atoms with E-state index in [1.807, 2.05) is 42.6 Å². The molecule has 0 radical (unpaired) electrons. The highest BCUT2D eigenvalue weighted by molar-refractivity contribution is 7.10. The molecule has 0 bridgehead atoms. The SMILES string of the molecule is CCOc1ccccc1/C=C/C(=O)N[C@H](c1cccs1)C(C)C. The predicted molar refractivity (Wildman–Crippen MR) is 96.7 cm³/mol. The fraction of sp³-hybridized carbons (Fsp3) is 0.316. The van der Waals surface area contributed by atoms with Crippen molar-refractivity contribution < 1.29 is 9.53 Å². The van der Waals surface area contributed by atoms with Crippen molar-refractivity contribution in [2.75, 3.05) is 6.61 Å². The number of hydrogen-bond donors (Lipinski definition) is 1. The first-order chi connectivity index (χ1) is 11.1. The number of carbonyl (C=O) groups excluding carboxylic acids is 1. The van der Waals surface area contributed by atoms with Gasteiger partial charge >= 0.3 is 0 Å². The second-order valence-electron chi connectivity index (χ2n) is 5.55. The summed E-state index contributed by atoms with van der Waals surface area (Å²) < 4.78 is 5.57. The Labute approximate surface area is 142 Å². The molecule has 0 fully saturated rings. The van der Waals surface area contributed by atoms with Gasteiger partial charge in [0.25, 0.3) is 0 Å². The summed E-state index contributed by atoms with van der Waals surface area (Å²) in [7, 11) is 0. The Morgan fingerprint density at radius 1 is 1.26 bits per heavy atom. The Kier molecular flexibility index (Phi) is 6.41. The van der Waals surface area contributed by atoms with E-state index >= 15 is 0 Å². The molecule has 4 heteroatoms. The zero-order valence-corrected chi connectivity index (χ0v) is 14.6. The maximum absolute atomic E-state index is 12.3. The lowest BCUT2D eigenvalue weighted by Gasteiger charge is -2.20. The fourth-order valence-corrected chi connectivity index (χ4v) is 3.26. The second kappa shape index (κ2) is 8.53. The van der Waals surface area contributed by atoms with Crippen LogP contribution in [0.25, 0.3) is 6.08 Å². The maximum atomic E-state index is 12.3. The lowest BCUT2D eigenvalue weighted by atomic mass is 10.0. The monoisotopic (exact) mass is 329 g/mol. The van der Waals surface area contributed by atoms with E-state index in [4.69, 9.17) is 4.74 Å². The highest BCUT2D eigenvalue weighted by Crippen LogP contribution is 2.26. The molecule has 0 saturated carbocycles. The molecular formula is C19H23NO2S. The molecule has 0 spiro atoms. The van der Waals surface area contributed by atoms with Gasteiger partial charge in [0.15, 0.2) is 0 Å². The Morgan fingerprint density at radius 2 is 2.04 bits per heavy atom. The maximum Gasteiger partial charge on any atom is 0.244 e. The van der Waals surface area contributed by atoms with Crippen LogP contribution in [0, 0.1) is 5.92 Å². The van der Waals surface area contributed by atoms with Gasteiger partial charge in [0, 0.05) is 16.5 Å². The van der Waals surface area contributed by atoms with Crippen LogP contribution in [0.1, 0.15) is 37.3 Å². The average molecular weight is 329 g/mol. The smallest absolute Gasteiger partial charge is 0.244 e. The van der Waals surface area contributed by atoms with Gasteiger partial charge in [-0.1, -0.05) is 38.1 Å². The van der Waals surface area contributed by atoms with Crippen LogP contribution in [0.4, 0.5) is 0 Å². The van der Waals surface area contributed by atoms with E-state index in [-0.39, 0.29) is 11.9 Å². The number of ether oxygens (including phenoxy) is 1. The Morgan fingerprint density at radius 3 is 2.70 bits per heavy atom. The van der Waals surface area contributed by atoms with E-state index in [1.165, 1.54) is 4.88 Å². The molecule has 0 aliphatic rings. The molecule has 0 aliphatic heterocycles. The molecule has 2 rings (SSSR count). The summed E-state index contributed by atoms with van der Waals surface area (Å²) in [6, 6.07) is 11.8. The van der Waals surface area contributed by atoms with Crippen molar-refractivity contribution in [3.63, 3.8) is 0 Å². The summed E-state index contributed by atoms with van der Waals surface area (Å²) in [6.45, 7) is 6.77. The van der Waals surface area contributed by atoms with Gasteiger partial charge in [-0.15, -0.1) is 11.3 Å². The molecule has 23 heavy (non-hydrogen) atoms. The quantitative estimate of drug-likeness (QED) is 0.749. The summed E-state index contributed by atoms with van der Waals surface area (Å²) in [6.07, 6.45) is 3.37. The van der Waals surface area contributed by atoms with Crippen molar-refractivity contribution >= 4 is 23.3 Å². The van der Waals surface area contributed by atoms with Crippen molar-refractivity contribution in [2.24, 2.45) is 5.92 Å². The van der Waals surface area contributed by atoms with Crippen LogP contribution >= 0.6 is 11.3 Å². The average Bonchev–Trinajstić information content (AvgIpc) is 3.06. The number of amides is 1. The van der Waals surface area contributed by atoms with Gasteiger partial charge in [0.2, 0.25) is 5.91 Å². The standard InChI is InChI=1S/C19H23NO2S/c1-4-22-16-9-6-5-8-15(16)11-12-18(21)20-19(14(2)3)17-10-7-13-23-17/h5-14,19H,4H2,1-3H3,(H,20,21)/b12-11+/t19-/m0/s1. The molecule has 1 aromatic heterocycles. The lowest BCUT2D eigenvalue weighted by molar-refractivity contribution is -0.117. The number of carbonyl (C=O) groups is 1. The highest BCUT2D eigenvalue weighted by Gasteiger charge is 2.18. The minimum absolute atomic E-state index is 0.0364. The molecule has 0 unspecified atom stereocenters. The van der Waals surface area contributed by atoms with Gasteiger partial charge in [0.05, 0.1) is 12.6 Å². The van der Waals surface area contributed by atoms with Gasteiger partial charge in [-0.2, -0.15) is 0 Å². The van der Waals surface area contributed by atoms with Crippen LogP contribution < -0.4 is 10.1 Å². The molecule has 0 saturated heterocycles. The third-order valence-corrected chi connectivity index (χ3v) is 4.40. The summed E-state index contributed by atoms with van der Waals surface area (Å²) >= 11 is 1.67. The van der Waals surface area contributed by atoms with Crippen LogP contribution in [0.2, 0.25) is 0 Å². The van der Waals surface area contributed by atoms with Crippen LogP contribution in [-0.2, 0) is 4.79 Å². The van der Waals surface area contributed by atoms with Gasteiger partial charge in [0.1, 0.15) is 5.75 Å². The molecule has 122 valence electrons. The van der Waals surface area contributed by atoms with E-state index in [2.05, 4.69) is 25.2 Å². The van der Waals surface area contributed by atoms with Crippen molar-refractivity contribution in [1.29, 1.82) is 0 Å². The Bertz CT molecular complexity index is 647. The van der Waals surface area contributed by atoms with Crippen LogP contribution in [0.5, 0.6) is 5.75 Å². The minimum Gasteiger partial charge on any atom is -0.493 e. The van der Waals surface area contributed by atoms with Gasteiger partial charge in [-0.3, -0.25) is 4.79 Å². The fourth-order valence-electron chi connectivity index (χ4n) is 2.31. The topological polar surface area (TPSA) is 38.3 Å². The van der Waals surface area contributed by atoms with Crippen molar-refractivity contribution in [1.82, 2.24) is 5.32 Å². The van der Waals surface area contributed by atoms with Gasteiger partial charge in [-0.05, 0) is 36.4 Å². The summed E-state index contributed by atoms with van der Waals surface area (Å²) in [5, 5.41) is 5.12. The Balaban J connectivity index is 2.06. The van der Waals surface area contributed by atoms with E-state index in [0.29, 0.717) is 12.5 Å². The van der Waals surface area contributed by atoms with Crippen molar-refractivity contribution in [2.45, 2.75) is 26.8 Å². The highest BCUT2D eigenvalue weighted by atomic mass is 32.1. The van der Waals surface area contributed by atoms with E-state index in [1.54, 1.807) is 23.5 Å². The molecular weight excluding hydrogens is 306 g/mol. The molecule has 1 amide bonds. The first-order valence-corrected chi connectivity index (χ1v) is 8.73. The zero-order chi connectivity index (χ0) is 16.7. The molecule has 1 heterocycles. The molecule has 2 aromatic rings.